The topological polar surface area (TPSA) is 23.0 Å². The minimum atomic E-state index is -3.52. The fourth-order valence-corrected chi connectivity index (χ4v) is 29.6. The summed E-state index contributed by atoms with van der Waals surface area (Å²) in [7, 11) is 0. The van der Waals surface area contributed by atoms with E-state index in [1.54, 1.807) is 0 Å². The van der Waals surface area contributed by atoms with Crippen molar-refractivity contribution in [2.24, 2.45) is 0 Å². The van der Waals surface area contributed by atoms with E-state index in [0.717, 1.165) is 13.1 Å². The van der Waals surface area contributed by atoms with Crippen LogP contribution in [0, 0.1) is 10.8 Å². The third-order valence-electron chi connectivity index (χ3n) is 10.3. The molecule has 0 bridgehead atoms. The Balaban J connectivity index is 0.000000135. The van der Waals surface area contributed by atoms with Crippen LogP contribution in [0.5, 0.6) is 0 Å². The number of pyridine rings is 2. The molecule has 12 heteroatoms. The molecule has 6 heterocycles. The van der Waals surface area contributed by atoms with Gasteiger partial charge in [-0.1, -0.05) is 0 Å². The van der Waals surface area contributed by atoms with Crippen molar-refractivity contribution < 1.29 is 8.47 Å². The molecule has 0 amide bonds. The van der Waals surface area contributed by atoms with Crippen LogP contribution in [0.4, 0.5) is 11.4 Å². The number of hydrogen-bond donors (Lipinski definition) is 0. The molecule has 6 aromatic rings. The maximum atomic E-state index is 5.19. The first-order valence-electron chi connectivity index (χ1n) is 16.3. The van der Waals surface area contributed by atoms with Gasteiger partial charge in [0.25, 0.3) is 0 Å². The van der Waals surface area contributed by atoms with Crippen molar-refractivity contribution in [1.82, 2.24) is 0 Å². The van der Waals surface area contributed by atoms with E-state index in [1.165, 1.54) is 42.9 Å². The third-order valence-corrected chi connectivity index (χ3v) is 29.8. The summed E-state index contributed by atoms with van der Waals surface area (Å²) >= 11 is 14.1. The molecule has 0 unspecified atom stereocenters. The molecule has 4 aliphatic heterocycles. The second-order valence-electron chi connectivity index (χ2n) is 12.6. The molecule has 0 saturated carbocycles. The number of aromatic nitrogens is 2. The van der Waals surface area contributed by atoms with Crippen molar-refractivity contribution in [3.8, 4) is 10.8 Å². The van der Waals surface area contributed by atoms with Gasteiger partial charge >= 0.3 is 313 Å². The van der Waals surface area contributed by atoms with Crippen molar-refractivity contribution >= 4 is 83.4 Å². The number of thiocyanates is 2. The van der Waals surface area contributed by atoms with Crippen LogP contribution in [-0.4, -0.2) is 14.0 Å². The van der Waals surface area contributed by atoms with E-state index < -0.39 is 14.0 Å². The molecule has 244 valence electrons. The van der Waals surface area contributed by atoms with E-state index >= 15 is 0 Å². The summed E-state index contributed by atoms with van der Waals surface area (Å²) in [5, 5.41) is 8.00. The van der Waals surface area contributed by atoms with Crippen LogP contribution < -0.4 is 28.0 Å². The Morgan fingerprint density at radius 2 is 0.880 bits per heavy atom. The predicted octanol–water partition coefficient (Wildman–Crippen LogP) is 6.16. The minimum absolute atomic E-state index is 0.827. The SMILES string of the molecule is [S-]C#[N+][Si-]12(c3ccccc3)Sc3ccccc3N1Cc1cccc[n+]12.[S-]C#[N+][Si-]12(c3ccccc3)Sc3ccccc3N1Cc1cccc[n+]12. The molecule has 50 heavy (non-hydrogen) atoms. The standard InChI is InChI=1S/2C19H15N3S2Si/c2*23-15-20-25(17-9-2-1-3-10-17)21-13-7-6-8-16(21)14-22(25)18-11-4-5-12-19(18)24-25/h2*1-13H,14H2. The fourth-order valence-electron chi connectivity index (χ4n) is 8.36. The maximum absolute atomic E-state index is 5.19. The molecule has 0 N–H and O–H groups in total. The van der Waals surface area contributed by atoms with E-state index in [4.69, 9.17) is 34.3 Å². The van der Waals surface area contributed by atoms with Crippen LogP contribution in [0.25, 0.3) is 9.02 Å². The van der Waals surface area contributed by atoms with Gasteiger partial charge < -0.3 is 0 Å². The van der Waals surface area contributed by atoms with Gasteiger partial charge in [-0.15, -0.1) is 0 Å². The number of benzene rings is 4. The van der Waals surface area contributed by atoms with Crippen LogP contribution in [0.1, 0.15) is 11.4 Å². The van der Waals surface area contributed by atoms with Crippen LogP contribution in [0.2, 0.25) is 0 Å². The summed E-state index contributed by atoms with van der Waals surface area (Å²) in [6, 6.07) is 51.0. The van der Waals surface area contributed by atoms with Crippen molar-refractivity contribution in [3.63, 3.8) is 0 Å². The average Bonchev–Trinajstić information content (AvgIpc) is 3.82. The first-order chi connectivity index (χ1) is 24.6. The summed E-state index contributed by atoms with van der Waals surface area (Å²) in [4.78, 5) is 2.52. The molecule has 2 aromatic heterocycles. The number of hydrogen-bond acceptors (Lipinski definition) is 6. The zero-order valence-corrected chi connectivity index (χ0v) is 32.0. The van der Waals surface area contributed by atoms with Crippen molar-refractivity contribution in [3.05, 3.63) is 178 Å². The fraction of sp³-hybridized carbons (Fsp3) is 0.0526. The van der Waals surface area contributed by atoms with E-state index in [9.17, 15) is 0 Å². The summed E-state index contributed by atoms with van der Waals surface area (Å²) in [6.07, 6.45) is 4.32. The molecule has 10 rings (SSSR count). The van der Waals surface area contributed by atoms with Gasteiger partial charge in [0.2, 0.25) is 0 Å². The zero-order valence-electron chi connectivity index (χ0n) is 26.7. The van der Waals surface area contributed by atoms with Crippen LogP contribution in [-0.2, 0) is 38.3 Å². The summed E-state index contributed by atoms with van der Waals surface area (Å²) < 4.78 is 19.8. The molecular formula is C38H30N6S4Si2. The summed E-state index contributed by atoms with van der Waals surface area (Å²) in [5.41, 5.74) is 5.00. The normalized spacial score (nSPS) is 19.5. The van der Waals surface area contributed by atoms with E-state index in [-0.39, 0.29) is 0 Å². The Morgan fingerprint density at radius 3 is 1.30 bits per heavy atom. The molecule has 6 nitrogen and oxygen atoms in total. The average molecular weight is 755 g/mol. The van der Waals surface area contributed by atoms with Gasteiger partial charge in [0.05, 0.1) is 0 Å². The summed E-state index contributed by atoms with van der Waals surface area (Å²) in [5.74, 6) is 0. The van der Waals surface area contributed by atoms with E-state index in [0.29, 0.717) is 0 Å². The Morgan fingerprint density at radius 1 is 0.500 bits per heavy atom. The Kier molecular flexibility index (Phi) is 7.16. The van der Waals surface area contributed by atoms with Gasteiger partial charge in [0.15, 0.2) is 0 Å². The molecule has 0 saturated heterocycles. The summed E-state index contributed by atoms with van der Waals surface area (Å²) in [6.45, 7) is -5.38. The molecule has 0 fully saturated rings. The van der Waals surface area contributed by atoms with Crippen LogP contribution in [0.15, 0.2) is 168 Å². The monoisotopic (exact) mass is 754 g/mol. The van der Waals surface area contributed by atoms with Crippen LogP contribution in [0.3, 0.4) is 0 Å². The van der Waals surface area contributed by atoms with Crippen molar-refractivity contribution in [1.29, 1.82) is 0 Å². The first-order valence-corrected chi connectivity index (χ1v) is 24.9. The van der Waals surface area contributed by atoms with Gasteiger partial charge in [-0.05, 0) is 0 Å². The number of fused-ring (bicyclic) bond motifs is 10. The van der Waals surface area contributed by atoms with Crippen LogP contribution >= 0.6 is 22.4 Å². The second kappa shape index (κ2) is 11.4. The Hall–Kier alpha value is -4.67. The van der Waals surface area contributed by atoms with Gasteiger partial charge in [-0.25, -0.2) is 0 Å². The predicted molar refractivity (Wildman–Crippen MR) is 214 cm³/mol. The first kappa shape index (κ1) is 31.3. The van der Waals surface area contributed by atoms with Gasteiger partial charge in [0, 0.05) is 0 Å². The number of para-hydroxylation sites is 2. The molecule has 0 radical (unpaired) electrons. The second-order valence-corrected chi connectivity index (χ2v) is 27.7. The van der Waals surface area contributed by atoms with E-state index in [2.05, 4.69) is 174 Å². The molecule has 4 aromatic carbocycles. The van der Waals surface area contributed by atoms with E-state index in [1.807, 2.05) is 34.6 Å². The molecule has 0 spiro atoms. The van der Waals surface area contributed by atoms with Gasteiger partial charge in [-0.3, -0.25) is 0 Å². The third kappa shape index (κ3) is 3.89. The number of nitrogens with zero attached hydrogens (tertiary/aromatic N) is 6. The van der Waals surface area contributed by atoms with Crippen molar-refractivity contribution in [2.75, 3.05) is 9.13 Å². The van der Waals surface area contributed by atoms with Gasteiger partial charge in [0.1, 0.15) is 0 Å². The number of anilines is 2. The molecule has 4 aliphatic rings. The quantitative estimate of drug-likeness (QED) is 0.119. The Bertz CT molecular complexity index is 2300. The molecule has 0 aliphatic carbocycles. The molecule has 0 atom stereocenters. The van der Waals surface area contributed by atoms with Crippen molar-refractivity contribution in [2.45, 2.75) is 22.9 Å². The Labute approximate surface area is 311 Å². The molecular weight excluding hydrogens is 725 g/mol. The number of rotatable bonds is 2. The van der Waals surface area contributed by atoms with Gasteiger partial charge in [-0.2, -0.15) is 0 Å². The zero-order chi connectivity index (χ0) is 33.9.